The first kappa shape index (κ1) is 11.2. The minimum atomic E-state index is 0.183. The molecule has 1 aromatic rings. The van der Waals surface area contributed by atoms with Crippen molar-refractivity contribution in [3.63, 3.8) is 0 Å². The number of rotatable bonds is 4. The van der Waals surface area contributed by atoms with E-state index >= 15 is 0 Å². The Balaban J connectivity index is 2.57. The third-order valence-corrected chi connectivity index (χ3v) is 2.27. The fourth-order valence-corrected chi connectivity index (χ4v) is 1.27. The van der Waals surface area contributed by atoms with E-state index < -0.39 is 0 Å². The molecule has 2 nitrogen and oxygen atoms in total. The van der Waals surface area contributed by atoms with Gasteiger partial charge in [0.05, 0.1) is 27.1 Å². The van der Waals surface area contributed by atoms with Gasteiger partial charge in [-0.15, -0.1) is 0 Å². The Labute approximate surface area is 89.5 Å². The van der Waals surface area contributed by atoms with Crippen LogP contribution in [0.25, 0.3) is 0 Å². The topological polar surface area (TPSA) is 21.5 Å². The molecule has 0 unspecified atom stereocenters. The van der Waals surface area contributed by atoms with Crippen LogP contribution in [0.4, 0.5) is 0 Å². The molecule has 14 heavy (non-hydrogen) atoms. The SMILES string of the molecule is C[NH+](C)CCC(=O)c1ccc(Cl)cc1. The van der Waals surface area contributed by atoms with Crippen LogP contribution < -0.4 is 4.90 Å². The minimum absolute atomic E-state index is 0.183. The summed E-state index contributed by atoms with van der Waals surface area (Å²) in [5.74, 6) is 0.183. The van der Waals surface area contributed by atoms with Crippen molar-refractivity contribution in [2.45, 2.75) is 6.42 Å². The van der Waals surface area contributed by atoms with Crippen LogP contribution in [0.3, 0.4) is 0 Å². The first-order valence-electron chi connectivity index (χ1n) is 4.67. The number of carbonyl (C=O) groups excluding carboxylic acids is 1. The Bertz CT molecular complexity index is 306. The van der Waals surface area contributed by atoms with Gasteiger partial charge in [0.1, 0.15) is 0 Å². The summed E-state index contributed by atoms with van der Waals surface area (Å²) >= 11 is 5.73. The zero-order valence-corrected chi connectivity index (χ0v) is 9.27. The number of ketones is 1. The summed E-state index contributed by atoms with van der Waals surface area (Å²) in [6, 6.07) is 7.04. The van der Waals surface area contributed by atoms with Crippen LogP contribution in [-0.4, -0.2) is 26.4 Å². The van der Waals surface area contributed by atoms with Crippen molar-refractivity contribution in [2.24, 2.45) is 0 Å². The summed E-state index contributed by atoms with van der Waals surface area (Å²) in [6.07, 6.45) is 0.587. The monoisotopic (exact) mass is 212 g/mol. The van der Waals surface area contributed by atoms with E-state index in [0.29, 0.717) is 11.4 Å². The van der Waals surface area contributed by atoms with Gasteiger partial charge < -0.3 is 4.90 Å². The number of carbonyl (C=O) groups is 1. The van der Waals surface area contributed by atoms with Gasteiger partial charge in [0.2, 0.25) is 0 Å². The highest BCUT2D eigenvalue weighted by Crippen LogP contribution is 2.10. The summed E-state index contributed by atoms with van der Waals surface area (Å²) in [5, 5.41) is 0.666. The van der Waals surface area contributed by atoms with E-state index in [-0.39, 0.29) is 5.78 Å². The Kier molecular flexibility index (Phi) is 4.11. The lowest BCUT2D eigenvalue weighted by Crippen LogP contribution is -3.05. The first-order chi connectivity index (χ1) is 6.59. The van der Waals surface area contributed by atoms with Crippen LogP contribution in [0.2, 0.25) is 5.02 Å². The molecule has 0 saturated carbocycles. The van der Waals surface area contributed by atoms with Crippen molar-refractivity contribution in [3.8, 4) is 0 Å². The molecule has 1 N–H and O–H groups in total. The third-order valence-electron chi connectivity index (χ3n) is 2.02. The second-order valence-corrected chi connectivity index (χ2v) is 4.07. The normalized spacial score (nSPS) is 10.6. The van der Waals surface area contributed by atoms with Crippen LogP contribution >= 0.6 is 11.6 Å². The maximum absolute atomic E-state index is 11.6. The van der Waals surface area contributed by atoms with Crippen LogP contribution in [0.15, 0.2) is 24.3 Å². The lowest BCUT2D eigenvalue weighted by Gasteiger charge is -2.05. The summed E-state index contributed by atoms with van der Waals surface area (Å²) in [6.45, 7) is 0.863. The molecule has 0 aliphatic carbocycles. The van der Waals surface area contributed by atoms with E-state index in [1.165, 1.54) is 4.90 Å². The zero-order chi connectivity index (χ0) is 10.6. The molecular formula is C11H15ClNO+. The van der Waals surface area contributed by atoms with Gasteiger partial charge in [-0.2, -0.15) is 0 Å². The van der Waals surface area contributed by atoms with E-state index in [2.05, 4.69) is 0 Å². The van der Waals surface area contributed by atoms with Gasteiger partial charge in [-0.25, -0.2) is 0 Å². The summed E-state index contributed by atoms with van der Waals surface area (Å²) < 4.78 is 0. The second kappa shape index (κ2) is 5.13. The van der Waals surface area contributed by atoms with Crippen molar-refractivity contribution < 1.29 is 9.69 Å². The first-order valence-corrected chi connectivity index (χ1v) is 5.05. The predicted molar refractivity (Wildman–Crippen MR) is 58.1 cm³/mol. The van der Waals surface area contributed by atoms with E-state index in [9.17, 15) is 4.79 Å². The molecule has 0 heterocycles. The molecule has 0 aromatic heterocycles. The van der Waals surface area contributed by atoms with E-state index in [4.69, 9.17) is 11.6 Å². The minimum Gasteiger partial charge on any atom is -0.339 e. The highest BCUT2D eigenvalue weighted by Gasteiger charge is 2.06. The molecular weight excluding hydrogens is 198 g/mol. The second-order valence-electron chi connectivity index (χ2n) is 3.64. The molecule has 0 atom stereocenters. The zero-order valence-electron chi connectivity index (χ0n) is 8.51. The Morgan fingerprint density at radius 2 is 1.86 bits per heavy atom. The van der Waals surface area contributed by atoms with Gasteiger partial charge in [-0.05, 0) is 24.3 Å². The van der Waals surface area contributed by atoms with Gasteiger partial charge in [0.15, 0.2) is 5.78 Å². The van der Waals surface area contributed by atoms with Gasteiger partial charge in [-0.1, -0.05) is 11.6 Å². The maximum Gasteiger partial charge on any atom is 0.168 e. The summed E-state index contributed by atoms with van der Waals surface area (Å²) in [5.41, 5.74) is 0.746. The van der Waals surface area contributed by atoms with E-state index in [1.807, 2.05) is 14.1 Å². The average Bonchev–Trinajstić information content (AvgIpc) is 2.15. The molecule has 0 fully saturated rings. The van der Waals surface area contributed by atoms with E-state index in [0.717, 1.165) is 12.1 Å². The molecule has 3 heteroatoms. The third kappa shape index (κ3) is 3.48. The van der Waals surface area contributed by atoms with Gasteiger partial charge in [0, 0.05) is 10.6 Å². The van der Waals surface area contributed by atoms with Gasteiger partial charge in [0.25, 0.3) is 0 Å². The van der Waals surface area contributed by atoms with E-state index in [1.54, 1.807) is 24.3 Å². The number of Topliss-reactive ketones (excluding diaryl/α,β-unsaturated/α-hetero) is 1. The highest BCUT2D eigenvalue weighted by atomic mass is 35.5. The van der Waals surface area contributed by atoms with Crippen molar-refractivity contribution in [3.05, 3.63) is 34.9 Å². The molecule has 0 aliphatic rings. The Morgan fingerprint density at radius 1 is 1.29 bits per heavy atom. The maximum atomic E-state index is 11.6. The highest BCUT2D eigenvalue weighted by molar-refractivity contribution is 6.30. The molecule has 1 aromatic carbocycles. The van der Waals surface area contributed by atoms with Gasteiger partial charge in [-0.3, -0.25) is 4.79 Å². The predicted octanol–water partition coefficient (Wildman–Crippen LogP) is 1.06. The number of nitrogens with one attached hydrogen (secondary N) is 1. The Hall–Kier alpha value is -0.860. The smallest absolute Gasteiger partial charge is 0.168 e. The average molecular weight is 213 g/mol. The molecule has 0 spiro atoms. The molecule has 0 amide bonds. The quantitative estimate of drug-likeness (QED) is 0.741. The molecule has 0 saturated heterocycles. The molecule has 76 valence electrons. The lowest BCUT2D eigenvalue weighted by molar-refractivity contribution is -0.857. The molecule has 1 rings (SSSR count). The molecule has 0 aliphatic heterocycles. The largest absolute Gasteiger partial charge is 0.339 e. The van der Waals surface area contributed by atoms with Crippen LogP contribution in [0, 0.1) is 0 Å². The number of hydrogen-bond acceptors (Lipinski definition) is 1. The standard InChI is InChI=1S/C11H14ClNO/c1-13(2)8-7-11(14)9-3-5-10(12)6-4-9/h3-6H,7-8H2,1-2H3/p+1. The fourth-order valence-electron chi connectivity index (χ4n) is 1.14. The summed E-state index contributed by atoms with van der Waals surface area (Å²) in [7, 11) is 4.07. The molecule has 0 radical (unpaired) electrons. The van der Waals surface area contributed by atoms with Crippen molar-refractivity contribution in [1.82, 2.24) is 0 Å². The fraction of sp³-hybridized carbons (Fsp3) is 0.364. The summed E-state index contributed by atoms with van der Waals surface area (Å²) in [4.78, 5) is 12.9. The number of benzene rings is 1. The lowest BCUT2D eigenvalue weighted by atomic mass is 10.1. The van der Waals surface area contributed by atoms with Crippen LogP contribution in [0.1, 0.15) is 16.8 Å². The number of quaternary nitrogens is 1. The van der Waals surface area contributed by atoms with Crippen molar-refractivity contribution >= 4 is 17.4 Å². The van der Waals surface area contributed by atoms with Crippen LogP contribution in [0.5, 0.6) is 0 Å². The number of hydrogen-bond donors (Lipinski definition) is 1. The van der Waals surface area contributed by atoms with Crippen molar-refractivity contribution in [2.75, 3.05) is 20.6 Å². The molecule has 0 bridgehead atoms. The Morgan fingerprint density at radius 3 is 2.36 bits per heavy atom. The number of halogens is 1. The van der Waals surface area contributed by atoms with Crippen LogP contribution in [-0.2, 0) is 0 Å². The van der Waals surface area contributed by atoms with Crippen molar-refractivity contribution in [1.29, 1.82) is 0 Å². The van der Waals surface area contributed by atoms with Gasteiger partial charge >= 0.3 is 0 Å².